The van der Waals surface area contributed by atoms with E-state index in [9.17, 15) is 9.59 Å². The highest BCUT2D eigenvalue weighted by molar-refractivity contribution is 6.43. The highest BCUT2D eigenvalue weighted by atomic mass is 16.2. The molecular formula is C21H18N4O2. The van der Waals surface area contributed by atoms with Crippen molar-refractivity contribution in [3.05, 3.63) is 72.8 Å². The van der Waals surface area contributed by atoms with Gasteiger partial charge in [-0.3, -0.25) is 15.0 Å². The molecular weight excluding hydrogens is 340 g/mol. The van der Waals surface area contributed by atoms with Gasteiger partial charge in [0.2, 0.25) is 5.84 Å². The van der Waals surface area contributed by atoms with Crippen molar-refractivity contribution in [3.63, 3.8) is 0 Å². The second-order valence-electron chi connectivity index (χ2n) is 6.29. The number of amidine groups is 1. The van der Waals surface area contributed by atoms with Crippen LogP contribution in [0.1, 0.15) is 6.92 Å². The number of carbonyl (C=O) groups excluding carboxylic acids is 2. The summed E-state index contributed by atoms with van der Waals surface area (Å²) in [5, 5.41) is 6.32. The second-order valence-corrected chi connectivity index (χ2v) is 6.29. The predicted octanol–water partition coefficient (Wildman–Crippen LogP) is 3.12. The first-order valence-electron chi connectivity index (χ1n) is 8.65. The molecule has 1 aliphatic heterocycles. The Bertz CT molecular complexity index is 1050. The largest absolute Gasteiger partial charge is 0.319 e. The summed E-state index contributed by atoms with van der Waals surface area (Å²) in [5.41, 5.74) is 4.15. The molecule has 0 saturated carbocycles. The summed E-state index contributed by atoms with van der Waals surface area (Å²) < 4.78 is 0. The summed E-state index contributed by atoms with van der Waals surface area (Å²) in [5.74, 6) is -0.520. The van der Waals surface area contributed by atoms with Crippen molar-refractivity contribution in [1.29, 1.82) is 0 Å². The van der Waals surface area contributed by atoms with Gasteiger partial charge in [-0.1, -0.05) is 48.5 Å². The average molecular weight is 358 g/mol. The quantitative estimate of drug-likeness (QED) is 0.755. The van der Waals surface area contributed by atoms with Crippen molar-refractivity contribution in [3.8, 4) is 0 Å². The lowest BCUT2D eigenvalue weighted by Crippen LogP contribution is -2.57. The number of benzene rings is 3. The van der Waals surface area contributed by atoms with Gasteiger partial charge in [-0.2, -0.15) is 0 Å². The zero-order valence-electron chi connectivity index (χ0n) is 14.7. The van der Waals surface area contributed by atoms with Crippen LogP contribution in [0.3, 0.4) is 0 Å². The standard InChI is InChI=1S/C21H18N4O2/c1-14-21(27)25(18-9-3-2-4-10-18)24-19(22-14)20(26)23-17-12-11-15-7-5-6-8-16(15)13-17/h2-14H,1H3,(H,22,24)(H,23,26)/t14-/m0/s1. The molecule has 0 spiro atoms. The number of rotatable bonds is 3. The Labute approximate surface area is 156 Å². The van der Waals surface area contributed by atoms with E-state index in [1.165, 1.54) is 5.01 Å². The van der Waals surface area contributed by atoms with Crippen LogP contribution in [0.15, 0.2) is 77.8 Å². The van der Waals surface area contributed by atoms with E-state index < -0.39 is 11.9 Å². The maximum Gasteiger partial charge on any atom is 0.292 e. The monoisotopic (exact) mass is 358 g/mol. The topological polar surface area (TPSA) is 73.8 Å². The summed E-state index contributed by atoms with van der Waals surface area (Å²) >= 11 is 0. The van der Waals surface area contributed by atoms with Crippen molar-refractivity contribution in [2.75, 3.05) is 10.3 Å². The highest BCUT2D eigenvalue weighted by Gasteiger charge is 2.30. The SMILES string of the molecule is C[C@@H]1N=C(C(=O)Nc2ccc3ccccc3c2)NN(c2ccccc2)C1=O. The van der Waals surface area contributed by atoms with Crippen LogP contribution in [0.4, 0.5) is 11.4 Å². The normalized spacial score (nSPS) is 16.6. The van der Waals surface area contributed by atoms with Crippen LogP contribution >= 0.6 is 0 Å². The molecule has 0 fully saturated rings. The fraction of sp³-hybridized carbons (Fsp3) is 0.0952. The van der Waals surface area contributed by atoms with Crippen LogP contribution in [-0.2, 0) is 9.59 Å². The minimum Gasteiger partial charge on any atom is -0.319 e. The lowest BCUT2D eigenvalue weighted by Gasteiger charge is -2.30. The third kappa shape index (κ3) is 3.37. The van der Waals surface area contributed by atoms with Crippen LogP contribution in [0.2, 0.25) is 0 Å². The molecule has 3 aromatic carbocycles. The molecule has 0 unspecified atom stereocenters. The number of carbonyl (C=O) groups is 2. The number of nitrogens with zero attached hydrogens (tertiary/aromatic N) is 2. The van der Waals surface area contributed by atoms with Crippen LogP contribution in [0, 0.1) is 0 Å². The summed E-state index contributed by atoms with van der Waals surface area (Å²) in [6, 6.07) is 22.1. The summed E-state index contributed by atoms with van der Waals surface area (Å²) in [7, 11) is 0. The number of nitrogens with one attached hydrogen (secondary N) is 2. The third-order valence-electron chi connectivity index (χ3n) is 4.36. The molecule has 0 bridgehead atoms. The maximum atomic E-state index is 12.7. The van der Waals surface area contributed by atoms with E-state index in [-0.39, 0.29) is 11.7 Å². The van der Waals surface area contributed by atoms with Gasteiger partial charge < -0.3 is 5.32 Å². The van der Waals surface area contributed by atoms with Crippen molar-refractivity contribution in [2.45, 2.75) is 13.0 Å². The Morgan fingerprint density at radius 1 is 1.00 bits per heavy atom. The van der Waals surface area contributed by atoms with Gasteiger partial charge in [-0.25, -0.2) is 10.0 Å². The Hall–Kier alpha value is -3.67. The molecule has 0 saturated heterocycles. The van der Waals surface area contributed by atoms with E-state index in [4.69, 9.17) is 0 Å². The van der Waals surface area contributed by atoms with E-state index in [0.29, 0.717) is 11.4 Å². The maximum absolute atomic E-state index is 12.7. The molecule has 6 heteroatoms. The molecule has 0 aromatic heterocycles. The number of aliphatic imine (C=N–C) groups is 1. The first-order valence-corrected chi connectivity index (χ1v) is 8.65. The highest BCUT2D eigenvalue weighted by Crippen LogP contribution is 2.20. The second kappa shape index (κ2) is 6.92. The summed E-state index contributed by atoms with van der Waals surface area (Å²) in [6.07, 6.45) is 0. The predicted molar refractivity (Wildman–Crippen MR) is 107 cm³/mol. The number of hydrazine groups is 1. The number of hydrogen-bond acceptors (Lipinski definition) is 4. The number of amides is 2. The van der Waals surface area contributed by atoms with Gasteiger partial charge in [0.1, 0.15) is 6.04 Å². The number of para-hydroxylation sites is 1. The minimum absolute atomic E-state index is 0.0964. The zero-order valence-corrected chi connectivity index (χ0v) is 14.7. The molecule has 1 aliphatic rings. The molecule has 27 heavy (non-hydrogen) atoms. The van der Waals surface area contributed by atoms with Crippen LogP contribution < -0.4 is 15.8 Å². The Kier molecular flexibility index (Phi) is 4.30. The fourth-order valence-corrected chi connectivity index (χ4v) is 2.96. The summed E-state index contributed by atoms with van der Waals surface area (Å²) in [4.78, 5) is 29.3. The molecule has 2 amide bonds. The molecule has 134 valence electrons. The number of fused-ring (bicyclic) bond motifs is 1. The first-order chi connectivity index (χ1) is 13.1. The lowest BCUT2D eigenvalue weighted by molar-refractivity contribution is -0.120. The number of anilines is 2. The molecule has 0 radical (unpaired) electrons. The molecule has 0 aliphatic carbocycles. The first kappa shape index (κ1) is 16.8. The van der Waals surface area contributed by atoms with Crippen molar-refractivity contribution < 1.29 is 9.59 Å². The van der Waals surface area contributed by atoms with Gasteiger partial charge in [0, 0.05) is 5.69 Å². The molecule has 3 aromatic rings. The van der Waals surface area contributed by atoms with Crippen molar-refractivity contribution in [1.82, 2.24) is 5.43 Å². The van der Waals surface area contributed by atoms with E-state index in [2.05, 4.69) is 15.7 Å². The molecule has 6 nitrogen and oxygen atoms in total. The number of hydrogen-bond donors (Lipinski definition) is 2. The Morgan fingerprint density at radius 2 is 1.70 bits per heavy atom. The van der Waals surface area contributed by atoms with Gasteiger partial charge >= 0.3 is 0 Å². The van der Waals surface area contributed by atoms with Gasteiger partial charge in [-0.05, 0) is 42.0 Å². The molecule has 2 N–H and O–H groups in total. The van der Waals surface area contributed by atoms with E-state index in [0.717, 1.165) is 10.8 Å². The van der Waals surface area contributed by atoms with Gasteiger partial charge in [0.15, 0.2) is 0 Å². The third-order valence-corrected chi connectivity index (χ3v) is 4.36. The van der Waals surface area contributed by atoms with Crippen molar-refractivity contribution in [2.24, 2.45) is 4.99 Å². The lowest BCUT2D eigenvalue weighted by atomic mass is 10.1. The Morgan fingerprint density at radius 3 is 2.48 bits per heavy atom. The average Bonchev–Trinajstić information content (AvgIpc) is 2.70. The molecule has 1 atom stereocenters. The van der Waals surface area contributed by atoms with Crippen LogP contribution in [0.25, 0.3) is 10.8 Å². The van der Waals surface area contributed by atoms with Crippen molar-refractivity contribution >= 4 is 39.8 Å². The summed E-state index contributed by atoms with van der Waals surface area (Å²) in [6.45, 7) is 1.67. The van der Waals surface area contributed by atoms with Crippen LogP contribution in [-0.4, -0.2) is 23.7 Å². The van der Waals surface area contributed by atoms with Gasteiger partial charge in [0.25, 0.3) is 11.8 Å². The molecule has 4 rings (SSSR count). The van der Waals surface area contributed by atoms with Crippen LogP contribution in [0.5, 0.6) is 0 Å². The zero-order chi connectivity index (χ0) is 18.8. The van der Waals surface area contributed by atoms with Gasteiger partial charge in [0.05, 0.1) is 5.69 Å². The Balaban J connectivity index is 1.57. The minimum atomic E-state index is -0.649. The fourth-order valence-electron chi connectivity index (χ4n) is 2.96. The molecule has 1 heterocycles. The van der Waals surface area contributed by atoms with Gasteiger partial charge in [-0.15, -0.1) is 0 Å². The smallest absolute Gasteiger partial charge is 0.292 e. The van der Waals surface area contributed by atoms with E-state index >= 15 is 0 Å². The van der Waals surface area contributed by atoms with E-state index in [1.54, 1.807) is 19.1 Å². The van der Waals surface area contributed by atoms with E-state index in [1.807, 2.05) is 60.7 Å².